The van der Waals surface area contributed by atoms with E-state index in [1.165, 1.54) is 25.8 Å². The molecular formula is C10H21NO. The van der Waals surface area contributed by atoms with Crippen molar-refractivity contribution < 1.29 is 5.11 Å². The molecule has 1 aliphatic heterocycles. The molecule has 0 aromatic carbocycles. The number of β-amino-alcohol motifs (C(OH)–C–C–N with tert-alkyl or cyclic N) is 1. The molecule has 0 amide bonds. The lowest BCUT2D eigenvalue weighted by molar-refractivity contribution is 0.172. The fourth-order valence-electron chi connectivity index (χ4n) is 2.13. The van der Waals surface area contributed by atoms with Gasteiger partial charge >= 0.3 is 0 Å². The lowest BCUT2D eigenvalue weighted by Crippen LogP contribution is -2.32. The second-order valence-corrected chi connectivity index (χ2v) is 4.19. The predicted molar refractivity (Wildman–Crippen MR) is 51.1 cm³/mol. The van der Waals surface area contributed by atoms with Gasteiger partial charge in [-0.2, -0.15) is 0 Å². The minimum atomic E-state index is 0.314. The molecule has 0 unspecified atom stereocenters. The Morgan fingerprint density at radius 1 is 1.50 bits per heavy atom. The molecule has 0 aliphatic carbocycles. The van der Waals surface area contributed by atoms with Gasteiger partial charge in [-0.15, -0.1) is 0 Å². The third-order valence-corrected chi connectivity index (χ3v) is 2.63. The van der Waals surface area contributed by atoms with Crippen LogP contribution in [0.1, 0.15) is 33.1 Å². The molecule has 1 rings (SSSR count). The number of likely N-dealkylation sites (tertiary alicyclic amines) is 1. The van der Waals surface area contributed by atoms with Crippen LogP contribution in [-0.2, 0) is 0 Å². The Morgan fingerprint density at radius 2 is 2.25 bits per heavy atom. The van der Waals surface area contributed by atoms with Crippen molar-refractivity contribution in [3.8, 4) is 0 Å². The largest absolute Gasteiger partial charge is 0.395 e. The molecule has 2 heteroatoms. The summed E-state index contributed by atoms with van der Waals surface area (Å²) in [5.41, 5.74) is 0. The zero-order chi connectivity index (χ0) is 8.97. The van der Waals surface area contributed by atoms with E-state index >= 15 is 0 Å². The van der Waals surface area contributed by atoms with Crippen LogP contribution in [-0.4, -0.2) is 35.7 Å². The van der Waals surface area contributed by atoms with Gasteiger partial charge in [-0.25, -0.2) is 0 Å². The highest BCUT2D eigenvalue weighted by atomic mass is 16.3. The van der Waals surface area contributed by atoms with Crippen LogP contribution in [0.2, 0.25) is 0 Å². The first-order valence-electron chi connectivity index (χ1n) is 5.09. The Morgan fingerprint density at radius 3 is 2.83 bits per heavy atom. The summed E-state index contributed by atoms with van der Waals surface area (Å²) >= 11 is 0. The first-order valence-corrected chi connectivity index (χ1v) is 5.09. The van der Waals surface area contributed by atoms with E-state index in [1.807, 2.05) is 0 Å². The maximum absolute atomic E-state index is 8.84. The van der Waals surface area contributed by atoms with Gasteiger partial charge in [-0.05, 0) is 31.7 Å². The smallest absolute Gasteiger partial charge is 0.0558 e. The first kappa shape index (κ1) is 10.0. The molecule has 1 fully saturated rings. The summed E-state index contributed by atoms with van der Waals surface area (Å²) in [7, 11) is 0. The van der Waals surface area contributed by atoms with Gasteiger partial charge in [0, 0.05) is 12.6 Å². The summed E-state index contributed by atoms with van der Waals surface area (Å²) < 4.78 is 0. The Balaban J connectivity index is 2.30. The third kappa shape index (κ3) is 2.76. The van der Waals surface area contributed by atoms with E-state index in [0.29, 0.717) is 6.61 Å². The van der Waals surface area contributed by atoms with Crippen LogP contribution < -0.4 is 0 Å². The monoisotopic (exact) mass is 171 g/mol. The lowest BCUT2D eigenvalue weighted by Gasteiger charge is -2.24. The normalized spacial score (nSPS) is 25.5. The van der Waals surface area contributed by atoms with Crippen molar-refractivity contribution in [1.82, 2.24) is 4.90 Å². The van der Waals surface area contributed by atoms with Crippen molar-refractivity contribution in [2.75, 3.05) is 19.7 Å². The topological polar surface area (TPSA) is 23.5 Å². The maximum Gasteiger partial charge on any atom is 0.0558 e. The maximum atomic E-state index is 8.84. The summed E-state index contributed by atoms with van der Waals surface area (Å²) in [5, 5.41) is 8.84. The van der Waals surface area contributed by atoms with Crippen LogP contribution in [0.5, 0.6) is 0 Å². The zero-order valence-corrected chi connectivity index (χ0v) is 8.29. The van der Waals surface area contributed by atoms with Gasteiger partial charge in [0.15, 0.2) is 0 Å². The molecule has 0 aromatic heterocycles. The standard InChI is InChI=1S/C10H21NO/c1-9(2)8-10-4-3-5-11(10)6-7-12/h9-10,12H,3-8H2,1-2H3/t10-/m0/s1. The highest BCUT2D eigenvalue weighted by Crippen LogP contribution is 2.22. The fraction of sp³-hybridized carbons (Fsp3) is 1.00. The summed E-state index contributed by atoms with van der Waals surface area (Å²) in [4.78, 5) is 2.43. The SMILES string of the molecule is CC(C)C[C@@H]1CCCN1CCO. The Kier molecular flexibility index (Phi) is 4.02. The second kappa shape index (κ2) is 4.83. The van der Waals surface area contributed by atoms with E-state index in [9.17, 15) is 0 Å². The molecule has 1 N–H and O–H groups in total. The van der Waals surface area contributed by atoms with E-state index < -0.39 is 0 Å². The molecule has 2 nitrogen and oxygen atoms in total. The lowest BCUT2D eigenvalue weighted by atomic mass is 10.0. The van der Waals surface area contributed by atoms with Gasteiger partial charge in [0.05, 0.1) is 6.61 Å². The van der Waals surface area contributed by atoms with Gasteiger partial charge in [0.25, 0.3) is 0 Å². The number of hydrogen-bond acceptors (Lipinski definition) is 2. The fourth-order valence-corrected chi connectivity index (χ4v) is 2.13. The van der Waals surface area contributed by atoms with Crippen LogP contribution in [0.4, 0.5) is 0 Å². The molecule has 72 valence electrons. The molecule has 0 bridgehead atoms. The average Bonchev–Trinajstić information content (AvgIpc) is 2.37. The number of aliphatic hydroxyl groups is 1. The van der Waals surface area contributed by atoms with Crippen molar-refractivity contribution in [1.29, 1.82) is 0 Å². The van der Waals surface area contributed by atoms with Gasteiger partial charge in [-0.1, -0.05) is 13.8 Å². The van der Waals surface area contributed by atoms with Crippen molar-refractivity contribution in [3.05, 3.63) is 0 Å². The molecule has 1 aliphatic rings. The summed E-state index contributed by atoms with van der Waals surface area (Å²) in [6, 6.07) is 0.747. The van der Waals surface area contributed by atoms with Crippen LogP contribution in [0.25, 0.3) is 0 Å². The third-order valence-electron chi connectivity index (χ3n) is 2.63. The zero-order valence-electron chi connectivity index (χ0n) is 8.29. The predicted octanol–water partition coefficient (Wildman–Crippen LogP) is 1.49. The van der Waals surface area contributed by atoms with Crippen LogP contribution in [0.3, 0.4) is 0 Å². The van der Waals surface area contributed by atoms with E-state index in [4.69, 9.17) is 5.11 Å². The van der Waals surface area contributed by atoms with Crippen molar-refractivity contribution in [3.63, 3.8) is 0 Å². The number of nitrogens with zero attached hydrogens (tertiary/aromatic N) is 1. The molecule has 0 radical (unpaired) electrons. The molecule has 0 saturated carbocycles. The molecule has 1 heterocycles. The van der Waals surface area contributed by atoms with Gasteiger partial charge < -0.3 is 5.11 Å². The minimum absolute atomic E-state index is 0.314. The molecule has 0 aromatic rings. The summed E-state index contributed by atoms with van der Waals surface area (Å²) in [6.45, 7) is 6.93. The van der Waals surface area contributed by atoms with E-state index in [1.54, 1.807) is 0 Å². The second-order valence-electron chi connectivity index (χ2n) is 4.19. The van der Waals surface area contributed by atoms with Gasteiger partial charge in [-0.3, -0.25) is 4.90 Å². The van der Waals surface area contributed by atoms with Crippen LogP contribution in [0, 0.1) is 5.92 Å². The highest BCUT2D eigenvalue weighted by Gasteiger charge is 2.23. The van der Waals surface area contributed by atoms with Gasteiger partial charge in [0.1, 0.15) is 0 Å². The quantitative estimate of drug-likeness (QED) is 0.692. The number of aliphatic hydroxyl groups excluding tert-OH is 1. The van der Waals surface area contributed by atoms with Crippen molar-refractivity contribution in [2.45, 2.75) is 39.2 Å². The summed E-state index contributed by atoms with van der Waals surface area (Å²) in [5.74, 6) is 0.786. The van der Waals surface area contributed by atoms with Crippen LogP contribution >= 0.6 is 0 Å². The van der Waals surface area contributed by atoms with Crippen molar-refractivity contribution >= 4 is 0 Å². The number of hydrogen-bond donors (Lipinski definition) is 1. The molecular weight excluding hydrogens is 150 g/mol. The van der Waals surface area contributed by atoms with E-state index in [0.717, 1.165) is 18.5 Å². The van der Waals surface area contributed by atoms with Crippen molar-refractivity contribution in [2.24, 2.45) is 5.92 Å². The van der Waals surface area contributed by atoms with E-state index in [-0.39, 0.29) is 0 Å². The molecule has 0 spiro atoms. The minimum Gasteiger partial charge on any atom is -0.395 e. The molecule has 1 atom stereocenters. The first-order chi connectivity index (χ1) is 5.74. The van der Waals surface area contributed by atoms with E-state index in [2.05, 4.69) is 18.7 Å². The van der Waals surface area contributed by atoms with Gasteiger partial charge in [0.2, 0.25) is 0 Å². The molecule has 1 saturated heterocycles. The Bertz CT molecular complexity index is 125. The van der Waals surface area contributed by atoms with Crippen LogP contribution in [0.15, 0.2) is 0 Å². The highest BCUT2D eigenvalue weighted by molar-refractivity contribution is 4.79. The Labute approximate surface area is 75.6 Å². The summed E-state index contributed by atoms with van der Waals surface area (Å²) in [6.07, 6.45) is 3.94. The average molecular weight is 171 g/mol. The Hall–Kier alpha value is -0.0800. The number of rotatable bonds is 4. The molecule has 12 heavy (non-hydrogen) atoms.